The number of halogens is 2. The SMILES string of the molecule is O=C(CCN1CCCS1(=O)=O)N[C@@H]1C[C@H]1c1c(F)cccc1Cl. The molecule has 5 nitrogen and oxygen atoms in total. The van der Waals surface area contributed by atoms with Crippen molar-refractivity contribution in [1.29, 1.82) is 0 Å². The van der Waals surface area contributed by atoms with Crippen LogP contribution < -0.4 is 5.32 Å². The molecule has 2 aliphatic rings. The molecule has 1 aromatic carbocycles. The molecule has 8 heteroatoms. The van der Waals surface area contributed by atoms with Crippen molar-refractivity contribution >= 4 is 27.5 Å². The Balaban J connectivity index is 1.51. The largest absolute Gasteiger partial charge is 0.353 e. The third-order valence-electron chi connectivity index (χ3n) is 4.30. The number of nitrogens with zero attached hydrogens (tertiary/aromatic N) is 1. The monoisotopic (exact) mass is 360 g/mol. The molecule has 1 aromatic rings. The summed E-state index contributed by atoms with van der Waals surface area (Å²) in [6.45, 7) is 0.679. The van der Waals surface area contributed by atoms with E-state index in [1.807, 2.05) is 0 Å². The van der Waals surface area contributed by atoms with Crippen LogP contribution in [0, 0.1) is 5.82 Å². The van der Waals surface area contributed by atoms with Crippen molar-refractivity contribution in [3.05, 3.63) is 34.6 Å². The molecule has 1 aliphatic carbocycles. The van der Waals surface area contributed by atoms with Crippen LogP contribution in [0.1, 0.15) is 30.7 Å². The molecule has 1 heterocycles. The molecular formula is C15H18ClFN2O3S. The van der Waals surface area contributed by atoms with E-state index in [2.05, 4.69) is 5.32 Å². The second-order valence-electron chi connectivity index (χ2n) is 5.97. The van der Waals surface area contributed by atoms with Gasteiger partial charge in [-0.2, -0.15) is 0 Å². The van der Waals surface area contributed by atoms with Crippen LogP contribution in [0.3, 0.4) is 0 Å². The van der Waals surface area contributed by atoms with Gasteiger partial charge in [-0.05, 0) is 25.0 Å². The molecule has 1 saturated heterocycles. The zero-order chi connectivity index (χ0) is 16.6. The molecule has 2 atom stereocenters. The zero-order valence-corrected chi connectivity index (χ0v) is 14.0. The summed E-state index contributed by atoms with van der Waals surface area (Å²) in [5, 5.41) is 3.19. The van der Waals surface area contributed by atoms with Crippen LogP contribution in [-0.2, 0) is 14.8 Å². The molecule has 0 unspecified atom stereocenters. The van der Waals surface area contributed by atoms with Gasteiger partial charge in [0.15, 0.2) is 0 Å². The van der Waals surface area contributed by atoms with Gasteiger partial charge in [0.25, 0.3) is 0 Å². The quantitative estimate of drug-likeness (QED) is 0.871. The number of sulfonamides is 1. The number of hydrogen-bond acceptors (Lipinski definition) is 3. The van der Waals surface area contributed by atoms with Crippen molar-refractivity contribution in [3.8, 4) is 0 Å². The lowest BCUT2D eigenvalue weighted by atomic mass is 10.1. The van der Waals surface area contributed by atoms with Gasteiger partial charge in [-0.25, -0.2) is 17.1 Å². The fraction of sp³-hybridized carbons (Fsp3) is 0.533. The van der Waals surface area contributed by atoms with Crippen molar-refractivity contribution in [3.63, 3.8) is 0 Å². The maximum atomic E-state index is 13.8. The van der Waals surface area contributed by atoms with Crippen molar-refractivity contribution in [2.45, 2.75) is 31.2 Å². The van der Waals surface area contributed by atoms with Gasteiger partial charge in [0.2, 0.25) is 15.9 Å². The van der Waals surface area contributed by atoms with Crippen molar-refractivity contribution in [1.82, 2.24) is 9.62 Å². The molecular weight excluding hydrogens is 343 g/mol. The third-order valence-corrected chi connectivity index (χ3v) is 6.58. The summed E-state index contributed by atoms with van der Waals surface area (Å²) in [4.78, 5) is 11.9. The van der Waals surface area contributed by atoms with Gasteiger partial charge in [-0.1, -0.05) is 17.7 Å². The molecule has 0 radical (unpaired) electrons. The molecule has 1 saturated carbocycles. The molecule has 23 heavy (non-hydrogen) atoms. The van der Waals surface area contributed by atoms with Crippen LogP contribution in [0.4, 0.5) is 4.39 Å². The molecule has 2 fully saturated rings. The highest BCUT2D eigenvalue weighted by atomic mass is 35.5. The van der Waals surface area contributed by atoms with E-state index in [9.17, 15) is 17.6 Å². The first-order valence-electron chi connectivity index (χ1n) is 7.59. The highest BCUT2D eigenvalue weighted by Gasteiger charge is 2.42. The Morgan fingerprint density at radius 1 is 1.43 bits per heavy atom. The molecule has 0 aromatic heterocycles. The highest BCUT2D eigenvalue weighted by Crippen LogP contribution is 2.44. The predicted molar refractivity (Wildman–Crippen MR) is 85.3 cm³/mol. The minimum Gasteiger partial charge on any atom is -0.353 e. The summed E-state index contributed by atoms with van der Waals surface area (Å²) >= 11 is 6.02. The normalized spacial score (nSPS) is 26.2. The van der Waals surface area contributed by atoms with Gasteiger partial charge in [-0.3, -0.25) is 4.79 Å². The van der Waals surface area contributed by atoms with E-state index in [-0.39, 0.29) is 42.4 Å². The number of nitrogens with one attached hydrogen (secondary N) is 1. The molecule has 1 N–H and O–H groups in total. The maximum Gasteiger partial charge on any atom is 0.221 e. The summed E-state index contributed by atoms with van der Waals surface area (Å²) in [5.74, 6) is -0.525. The molecule has 0 bridgehead atoms. The van der Waals surface area contributed by atoms with Crippen molar-refractivity contribution < 1.29 is 17.6 Å². The lowest BCUT2D eigenvalue weighted by Gasteiger charge is -2.13. The first-order chi connectivity index (χ1) is 10.9. The Kier molecular flexibility index (Phi) is 4.62. The highest BCUT2D eigenvalue weighted by molar-refractivity contribution is 7.89. The Morgan fingerprint density at radius 3 is 2.87 bits per heavy atom. The van der Waals surface area contributed by atoms with Crippen LogP contribution in [0.5, 0.6) is 0 Å². The summed E-state index contributed by atoms with van der Waals surface area (Å²) in [6.07, 6.45) is 1.38. The Hall–Kier alpha value is -1.18. The summed E-state index contributed by atoms with van der Waals surface area (Å²) in [6, 6.07) is 4.41. The van der Waals surface area contributed by atoms with Gasteiger partial charge in [0, 0.05) is 42.1 Å². The van der Waals surface area contributed by atoms with E-state index in [0.717, 1.165) is 0 Å². The van der Waals surface area contributed by atoms with Gasteiger partial charge < -0.3 is 5.32 Å². The molecule has 1 amide bonds. The number of hydrogen-bond donors (Lipinski definition) is 1. The lowest BCUT2D eigenvalue weighted by molar-refractivity contribution is -0.121. The van der Waals surface area contributed by atoms with Crippen LogP contribution in [0.2, 0.25) is 5.02 Å². The predicted octanol–water partition coefficient (Wildman–Crippen LogP) is 1.88. The van der Waals surface area contributed by atoms with Gasteiger partial charge in [0.05, 0.1) is 5.75 Å². The summed E-state index contributed by atoms with van der Waals surface area (Å²) in [7, 11) is -3.17. The fourth-order valence-corrected chi connectivity index (χ4v) is 4.82. The standard InChI is InChI=1S/C15H18ClFN2O3S/c16-11-3-1-4-12(17)15(11)10-9-13(10)18-14(20)5-7-19-6-2-8-23(19,21)22/h1,3-4,10,13H,2,5-9H2,(H,18,20)/t10-,13-/m1/s1. The van der Waals surface area contributed by atoms with E-state index < -0.39 is 10.0 Å². The molecule has 3 rings (SSSR count). The number of rotatable bonds is 5. The minimum absolute atomic E-state index is 0.108. The van der Waals surface area contributed by atoms with Crippen LogP contribution in [0.25, 0.3) is 0 Å². The fourth-order valence-electron chi connectivity index (χ4n) is 2.99. The van der Waals surface area contributed by atoms with Crippen molar-refractivity contribution in [2.24, 2.45) is 0 Å². The van der Waals surface area contributed by atoms with Crippen LogP contribution >= 0.6 is 11.6 Å². The van der Waals surface area contributed by atoms with Crippen molar-refractivity contribution in [2.75, 3.05) is 18.8 Å². The maximum absolute atomic E-state index is 13.8. The Morgan fingerprint density at radius 2 is 2.22 bits per heavy atom. The topological polar surface area (TPSA) is 66.5 Å². The van der Waals surface area contributed by atoms with Crippen LogP contribution in [-0.4, -0.2) is 43.5 Å². The first-order valence-corrected chi connectivity index (χ1v) is 9.58. The summed E-state index contributed by atoms with van der Waals surface area (Å²) in [5.41, 5.74) is 0.446. The second-order valence-corrected chi connectivity index (χ2v) is 8.47. The number of carbonyl (C=O) groups is 1. The van der Waals surface area contributed by atoms with Gasteiger partial charge in [-0.15, -0.1) is 0 Å². The number of carbonyl (C=O) groups excluding carboxylic acids is 1. The zero-order valence-electron chi connectivity index (χ0n) is 12.5. The number of amides is 1. The van der Waals surface area contributed by atoms with E-state index in [1.165, 1.54) is 10.4 Å². The minimum atomic E-state index is -3.17. The third kappa shape index (κ3) is 3.67. The molecule has 126 valence electrons. The van der Waals surface area contributed by atoms with E-state index >= 15 is 0 Å². The summed E-state index contributed by atoms with van der Waals surface area (Å²) < 4.78 is 38.5. The number of benzene rings is 1. The van der Waals surface area contributed by atoms with E-state index in [0.29, 0.717) is 30.0 Å². The smallest absolute Gasteiger partial charge is 0.221 e. The Labute approximate surface area is 139 Å². The lowest BCUT2D eigenvalue weighted by Crippen LogP contribution is -2.33. The molecule has 1 aliphatic heterocycles. The van der Waals surface area contributed by atoms with Gasteiger partial charge >= 0.3 is 0 Å². The Bertz CT molecular complexity index is 705. The van der Waals surface area contributed by atoms with Crippen LogP contribution in [0.15, 0.2) is 18.2 Å². The average molecular weight is 361 g/mol. The average Bonchev–Trinajstić information content (AvgIpc) is 3.11. The molecule has 0 spiro atoms. The second kappa shape index (κ2) is 6.37. The van der Waals surface area contributed by atoms with Gasteiger partial charge in [0.1, 0.15) is 5.82 Å². The van der Waals surface area contributed by atoms with E-state index in [4.69, 9.17) is 11.6 Å². The first kappa shape index (κ1) is 16.7. The van der Waals surface area contributed by atoms with E-state index in [1.54, 1.807) is 12.1 Å².